The molecule has 0 unspecified atom stereocenters. The number of anilines is 1. The summed E-state index contributed by atoms with van der Waals surface area (Å²) in [6.07, 6.45) is 3.52. The number of aliphatic hydroxyl groups is 1. The molecule has 2 N–H and O–H groups in total. The normalized spacial score (nSPS) is 16.2. The molecular weight excluding hydrogens is 374 g/mol. The van der Waals surface area contributed by atoms with E-state index in [4.69, 9.17) is 10.00 Å². The molecule has 0 aromatic heterocycles. The summed E-state index contributed by atoms with van der Waals surface area (Å²) in [6, 6.07) is 18.0. The fraction of sp³-hybridized carbons (Fsp3) is 0.480. The van der Waals surface area contributed by atoms with Crippen LogP contribution in [0.1, 0.15) is 44.2 Å². The third-order valence-corrected chi connectivity index (χ3v) is 5.73. The zero-order valence-corrected chi connectivity index (χ0v) is 18.1. The monoisotopic (exact) mass is 407 g/mol. The predicted molar refractivity (Wildman–Crippen MR) is 121 cm³/mol. The van der Waals surface area contributed by atoms with E-state index < -0.39 is 5.60 Å². The molecule has 0 bridgehead atoms. The molecule has 30 heavy (non-hydrogen) atoms. The second-order valence-corrected chi connectivity index (χ2v) is 8.49. The number of hydrogen-bond acceptors (Lipinski definition) is 5. The minimum absolute atomic E-state index is 0.174. The summed E-state index contributed by atoms with van der Waals surface area (Å²) in [5.41, 5.74) is 2.42. The second-order valence-electron chi connectivity index (χ2n) is 8.49. The van der Waals surface area contributed by atoms with Crippen LogP contribution >= 0.6 is 0 Å². The van der Waals surface area contributed by atoms with Crippen molar-refractivity contribution in [3.63, 3.8) is 0 Å². The van der Waals surface area contributed by atoms with Gasteiger partial charge in [0.15, 0.2) is 0 Å². The maximum Gasteiger partial charge on any atom is 0.119 e. The van der Waals surface area contributed by atoms with Crippen LogP contribution in [0.5, 0.6) is 5.75 Å². The van der Waals surface area contributed by atoms with Crippen LogP contribution in [-0.4, -0.2) is 47.9 Å². The summed E-state index contributed by atoms with van der Waals surface area (Å²) in [4.78, 5) is 2.42. The summed E-state index contributed by atoms with van der Waals surface area (Å²) in [5.74, 6) is 0.877. The molecule has 0 saturated carbocycles. The van der Waals surface area contributed by atoms with Crippen molar-refractivity contribution in [3.05, 3.63) is 59.7 Å². The molecule has 3 rings (SSSR count). The molecule has 0 radical (unpaired) electrons. The molecule has 5 heteroatoms. The molecule has 1 heterocycles. The number of hydrogen-bond donors (Lipinski definition) is 2. The largest absolute Gasteiger partial charge is 0.491 e. The molecule has 2 aromatic carbocycles. The zero-order valence-electron chi connectivity index (χ0n) is 18.1. The Labute approximate surface area is 180 Å². The number of ether oxygens (including phenoxy) is 1. The van der Waals surface area contributed by atoms with Crippen LogP contribution in [-0.2, 0) is 6.42 Å². The SMILES string of the molecule is CC(C)Oc1ccc(NCCC2(O)CCN(CCc3ccc(C#N)cc3)CC2)cc1. The molecular formula is C25H33N3O2. The highest BCUT2D eigenvalue weighted by Gasteiger charge is 2.31. The fourth-order valence-corrected chi connectivity index (χ4v) is 3.84. The molecule has 160 valence electrons. The first-order chi connectivity index (χ1) is 14.5. The van der Waals surface area contributed by atoms with Gasteiger partial charge in [0, 0.05) is 31.9 Å². The van der Waals surface area contributed by atoms with Crippen LogP contribution in [0, 0.1) is 11.3 Å². The molecule has 0 aliphatic carbocycles. The fourth-order valence-electron chi connectivity index (χ4n) is 3.84. The van der Waals surface area contributed by atoms with Gasteiger partial charge in [0.2, 0.25) is 0 Å². The number of nitrogens with one attached hydrogen (secondary N) is 1. The number of piperidine rings is 1. The lowest BCUT2D eigenvalue weighted by Gasteiger charge is -2.38. The summed E-state index contributed by atoms with van der Waals surface area (Å²) in [6.45, 7) is 7.63. The number of nitriles is 1. The van der Waals surface area contributed by atoms with E-state index >= 15 is 0 Å². The smallest absolute Gasteiger partial charge is 0.119 e. The Balaban J connectivity index is 1.36. The summed E-state index contributed by atoms with van der Waals surface area (Å²) < 4.78 is 5.67. The molecule has 1 aliphatic rings. The Morgan fingerprint density at radius 1 is 1.10 bits per heavy atom. The van der Waals surface area contributed by atoms with E-state index in [1.807, 2.05) is 62.4 Å². The lowest BCUT2D eigenvalue weighted by molar-refractivity contribution is -0.0245. The second kappa shape index (κ2) is 10.5. The van der Waals surface area contributed by atoms with Gasteiger partial charge in [0.1, 0.15) is 5.75 Å². The molecule has 0 atom stereocenters. The van der Waals surface area contributed by atoms with Crippen molar-refractivity contribution < 1.29 is 9.84 Å². The van der Waals surface area contributed by atoms with Crippen LogP contribution in [0.2, 0.25) is 0 Å². The van der Waals surface area contributed by atoms with Crippen LogP contribution in [0.4, 0.5) is 5.69 Å². The van der Waals surface area contributed by atoms with Crippen molar-refractivity contribution in [2.45, 2.75) is 51.2 Å². The van der Waals surface area contributed by atoms with Gasteiger partial charge in [0.05, 0.1) is 23.3 Å². The quantitative estimate of drug-likeness (QED) is 0.651. The first-order valence-corrected chi connectivity index (χ1v) is 10.9. The molecule has 1 aliphatic heterocycles. The van der Waals surface area contributed by atoms with E-state index in [0.29, 0.717) is 5.56 Å². The maximum absolute atomic E-state index is 10.9. The lowest BCUT2D eigenvalue weighted by Crippen LogP contribution is -2.45. The van der Waals surface area contributed by atoms with Crippen LogP contribution in [0.15, 0.2) is 48.5 Å². The number of likely N-dealkylation sites (tertiary alicyclic amines) is 1. The first-order valence-electron chi connectivity index (χ1n) is 10.9. The Morgan fingerprint density at radius 3 is 2.37 bits per heavy atom. The highest BCUT2D eigenvalue weighted by atomic mass is 16.5. The Bertz CT molecular complexity index is 817. The molecule has 5 nitrogen and oxygen atoms in total. The van der Waals surface area contributed by atoms with Crippen molar-refractivity contribution >= 4 is 5.69 Å². The molecule has 0 amide bonds. The Hall–Kier alpha value is -2.55. The number of benzene rings is 2. The van der Waals surface area contributed by atoms with Crippen molar-refractivity contribution in [3.8, 4) is 11.8 Å². The summed E-state index contributed by atoms with van der Waals surface area (Å²) in [5, 5.41) is 23.2. The predicted octanol–water partition coefficient (Wildman–Crippen LogP) is 4.22. The Morgan fingerprint density at radius 2 is 1.77 bits per heavy atom. The first kappa shape index (κ1) is 22.1. The van der Waals surface area contributed by atoms with Gasteiger partial charge in [-0.05, 0) is 81.5 Å². The molecule has 1 fully saturated rings. The van der Waals surface area contributed by atoms with E-state index in [9.17, 15) is 5.11 Å². The lowest BCUT2D eigenvalue weighted by atomic mass is 9.88. The van der Waals surface area contributed by atoms with Gasteiger partial charge in [-0.3, -0.25) is 0 Å². The minimum atomic E-state index is -0.585. The van der Waals surface area contributed by atoms with Gasteiger partial charge < -0.3 is 20.1 Å². The van der Waals surface area contributed by atoms with Gasteiger partial charge in [0.25, 0.3) is 0 Å². The third-order valence-electron chi connectivity index (χ3n) is 5.73. The van der Waals surface area contributed by atoms with Gasteiger partial charge in [-0.25, -0.2) is 0 Å². The summed E-state index contributed by atoms with van der Waals surface area (Å²) in [7, 11) is 0. The van der Waals surface area contributed by atoms with E-state index in [1.54, 1.807) is 0 Å². The van der Waals surface area contributed by atoms with Crippen molar-refractivity contribution in [2.75, 3.05) is 31.5 Å². The molecule has 2 aromatic rings. The molecule has 0 spiro atoms. The number of nitrogens with zero attached hydrogens (tertiary/aromatic N) is 2. The highest BCUT2D eigenvalue weighted by molar-refractivity contribution is 5.46. The average molecular weight is 408 g/mol. The van der Waals surface area contributed by atoms with Gasteiger partial charge in [-0.2, -0.15) is 5.26 Å². The van der Waals surface area contributed by atoms with E-state index in [-0.39, 0.29) is 6.10 Å². The highest BCUT2D eigenvalue weighted by Crippen LogP contribution is 2.26. The topological polar surface area (TPSA) is 68.5 Å². The molecule has 1 saturated heterocycles. The standard InChI is InChI=1S/C25H33N3O2/c1-20(2)30-24-9-7-23(8-10-24)27-15-12-25(29)13-17-28(18-14-25)16-11-21-3-5-22(19-26)6-4-21/h3-10,20,27,29H,11-18H2,1-2H3. The maximum atomic E-state index is 10.9. The third kappa shape index (κ3) is 6.76. The minimum Gasteiger partial charge on any atom is -0.491 e. The van der Waals surface area contributed by atoms with Crippen molar-refractivity contribution in [1.82, 2.24) is 4.90 Å². The van der Waals surface area contributed by atoms with Crippen LogP contribution in [0.25, 0.3) is 0 Å². The van der Waals surface area contributed by atoms with Crippen LogP contribution < -0.4 is 10.1 Å². The van der Waals surface area contributed by atoms with Crippen molar-refractivity contribution in [1.29, 1.82) is 5.26 Å². The summed E-state index contributed by atoms with van der Waals surface area (Å²) >= 11 is 0. The van der Waals surface area contributed by atoms with Crippen molar-refractivity contribution in [2.24, 2.45) is 0 Å². The zero-order chi connectivity index (χ0) is 21.4. The van der Waals surface area contributed by atoms with Gasteiger partial charge >= 0.3 is 0 Å². The average Bonchev–Trinajstić information content (AvgIpc) is 2.75. The van der Waals surface area contributed by atoms with Crippen LogP contribution in [0.3, 0.4) is 0 Å². The van der Waals surface area contributed by atoms with E-state index in [2.05, 4.69) is 16.3 Å². The number of rotatable bonds is 9. The van der Waals surface area contributed by atoms with Gasteiger partial charge in [-0.15, -0.1) is 0 Å². The Kier molecular flexibility index (Phi) is 7.73. The van der Waals surface area contributed by atoms with Gasteiger partial charge in [-0.1, -0.05) is 12.1 Å². The van der Waals surface area contributed by atoms with E-state index in [0.717, 1.165) is 63.3 Å². The van der Waals surface area contributed by atoms with E-state index in [1.165, 1.54) is 5.56 Å².